The minimum Gasteiger partial charge on any atom is -0.493 e. The predicted octanol–water partition coefficient (Wildman–Crippen LogP) is 3.43. The molecule has 0 aliphatic carbocycles. The van der Waals surface area contributed by atoms with Crippen molar-refractivity contribution in [3.05, 3.63) is 72.1 Å². The second-order valence-electron chi connectivity index (χ2n) is 6.68. The fourth-order valence-electron chi connectivity index (χ4n) is 2.97. The van der Waals surface area contributed by atoms with E-state index in [2.05, 4.69) is 20.3 Å². The Hall–Kier alpha value is -3.48. The molecule has 1 aromatic heterocycles. The number of rotatable bonds is 7. The maximum absolute atomic E-state index is 5.92. The summed E-state index contributed by atoms with van der Waals surface area (Å²) in [5.74, 6) is 2.98. The Kier molecular flexibility index (Phi) is 6.73. The average molecular weight is 393 g/mol. The molecule has 0 aliphatic heterocycles. The first-order valence-corrected chi connectivity index (χ1v) is 9.38. The first-order chi connectivity index (χ1) is 14.1. The van der Waals surface area contributed by atoms with Gasteiger partial charge >= 0.3 is 0 Å². The summed E-state index contributed by atoms with van der Waals surface area (Å²) < 4.78 is 13.0. The van der Waals surface area contributed by atoms with Crippen LogP contribution in [0.5, 0.6) is 17.2 Å². The van der Waals surface area contributed by atoms with Gasteiger partial charge in [0.1, 0.15) is 5.75 Å². The molecule has 0 saturated carbocycles. The number of aromatic nitrogens is 2. The molecular weight excluding hydrogens is 366 g/mol. The molecule has 1 N–H and O–H groups in total. The van der Waals surface area contributed by atoms with E-state index in [1.54, 1.807) is 18.8 Å². The Morgan fingerprint density at radius 2 is 1.83 bits per heavy atom. The van der Waals surface area contributed by atoms with E-state index in [-0.39, 0.29) is 0 Å². The Bertz CT molecular complexity index is 950. The van der Waals surface area contributed by atoms with Crippen LogP contribution in [-0.2, 0) is 20.1 Å². The lowest BCUT2D eigenvalue weighted by atomic mass is 10.2. The van der Waals surface area contributed by atoms with E-state index in [1.807, 2.05) is 75.0 Å². The molecular formula is C22H27N5O2. The van der Waals surface area contributed by atoms with Crippen LogP contribution in [0.15, 0.2) is 65.9 Å². The topological polar surface area (TPSA) is 63.9 Å². The third-order valence-corrected chi connectivity index (χ3v) is 4.42. The van der Waals surface area contributed by atoms with Crippen LogP contribution in [0.3, 0.4) is 0 Å². The van der Waals surface area contributed by atoms with Gasteiger partial charge in [0.15, 0.2) is 17.5 Å². The first-order valence-electron chi connectivity index (χ1n) is 9.38. The maximum atomic E-state index is 5.92. The zero-order chi connectivity index (χ0) is 20.6. The molecule has 7 nitrogen and oxygen atoms in total. The van der Waals surface area contributed by atoms with E-state index in [1.165, 1.54) is 0 Å². The zero-order valence-electron chi connectivity index (χ0n) is 17.3. The molecule has 0 fully saturated rings. The number of aryl methyl sites for hydroxylation is 1. The number of aliphatic imine (C=N–C) groups is 1. The number of guanidine groups is 1. The molecule has 1 heterocycles. The first kappa shape index (κ1) is 20.3. The van der Waals surface area contributed by atoms with Crippen molar-refractivity contribution in [1.29, 1.82) is 0 Å². The molecule has 152 valence electrons. The second kappa shape index (κ2) is 9.64. The quantitative estimate of drug-likeness (QED) is 0.492. The lowest BCUT2D eigenvalue weighted by Crippen LogP contribution is -2.37. The molecule has 0 bridgehead atoms. The van der Waals surface area contributed by atoms with E-state index < -0.39 is 0 Å². The van der Waals surface area contributed by atoms with Gasteiger partial charge in [-0.25, -0.2) is 0 Å². The normalized spacial score (nSPS) is 11.2. The van der Waals surface area contributed by atoms with Gasteiger partial charge in [0.05, 0.1) is 13.3 Å². The molecule has 0 unspecified atom stereocenters. The number of hydrogen-bond donors (Lipinski definition) is 1. The van der Waals surface area contributed by atoms with Gasteiger partial charge in [-0.15, -0.1) is 0 Å². The van der Waals surface area contributed by atoms with Crippen molar-refractivity contribution in [1.82, 2.24) is 20.0 Å². The largest absolute Gasteiger partial charge is 0.493 e. The Labute approximate surface area is 171 Å². The second-order valence-corrected chi connectivity index (χ2v) is 6.68. The Morgan fingerprint density at radius 1 is 1.10 bits per heavy atom. The van der Waals surface area contributed by atoms with Gasteiger partial charge in [-0.3, -0.25) is 9.67 Å². The molecule has 0 aliphatic rings. The fraction of sp³-hybridized carbons (Fsp3) is 0.273. The van der Waals surface area contributed by atoms with E-state index in [0.29, 0.717) is 18.0 Å². The van der Waals surface area contributed by atoms with E-state index in [0.717, 1.165) is 29.4 Å². The smallest absolute Gasteiger partial charge is 0.193 e. The standard InChI is InChI=1S/C22H27N5O2/c1-23-22(26(2)15-18-14-25-27(3)16-18)24-13-17-9-11-19(12-10-17)29-21-8-6-5-7-20(21)28-4/h5-12,14,16H,13,15H2,1-4H3,(H,23,24). The van der Waals surface area contributed by atoms with Gasteiger partial charge in [0, 0.05) is 46.0 Å². The number of nitrogens with zero attached hydrogens (tertiary/aromatic N) is 4. The van der Waals surface area contributed by atoms with Gasteiger partial charge in [-0.05, 0) is 29.8 Å². The van der Waals surface area contributed by atoms with Crippen molar-refractivity contribution in [3.8, 4) is 17.2 Å². The number of nitrogens with one attached hydrogen (secondary N) is 1. The van der Waals surface area contributed by atoms with Gasteiger partial charge in [-0.1, -0.05) is 24.3 Å². The van der Waals surface area contributed by atoms with Crippen LogP contribution in [0.4, 0.5) is 0 Å². The molecule has 0 atom stereocenters. The van der Waals surface area contributed by atoms with Crippen molar-refractivity contribution in [2.45, 2.75) is 13.1 Å². The van der Waals surface area contributed by atoms with Crippen LogP contribution in [0.2, 0.25) is 0 Å². The Balaban J connectivity index is 1.56. The molecule has 29 heavy (non-hydrogen) atoms. The highest BCUT2D eigenvalue weighted by molar-refractivity contribution is 5.79. The summed E-state index contributed by atoms with van der Waals surface area (Å²) in [6.07, 6.45) is 3.87. The van der Waals surface area contributed by atoms with Crippen LogP contribution >= 0.6 is 0 Å². The molecule has 0 spiro atoms. The number of para-hydroxylation sites is 2. The van der Waals surface area contributed by atoms with Crippen LogP contribution in [-0.4, -0.2) is 41.8 Å². The van der Waals surface area contributed by atoms with Gasteiger partial charge < -0.3 is 19.7 Å². The van der Waals surface area contributed by atoms with Crippen molar-refractivity contribution in [3.63, 3.8) is 0 Å². The van der Waals surface area contributed by atoms with Gasteiger partial charge in [-0.2, -0.15) is 5.10 Å². The summed E-state index contributed by atoms with van der Waals surface area (Å²) in [4.78, 5) is 6.43. The minimum absolute atomic E-state index is 0.666. The maximum Gasteiger partial charge on any atom is 0.193 e. The summed E-state index contributed by atoms with van der Waals surface area (Å²) >= 11 is 0. The van der Waals surface area contributed by atoms with Gasteiger partial charge in [0.25, 0.3) is 0 Å². The summed E-state index contributed by atoms with van der Waals surface area (Å²) in [6.45, 7) is 1.40. The zero-order valence-corrected chi connectivity index (χ0v) is 17.3. The summed E-state index contributed by atoms with van der Waals surface area (Å²) in [5.41, 5.74) is 2.27. The summed E-state index contributed by atoms with van der Waals surface area (Å²) in [7, 11) is 7.34. The van der Waals surface area contributed by atoms with E-state index in [4.69, 9.17) is 9.47 Å². The molecule has 2 aromatic carbocycles. The van der Waals surface area contributed by atoms with Crippen LogP contribution < -0.4 is 14.8 Å². The SMILES string of the molecule is CN=C(NCc1ccc(Oc2ccccc2OC)cc1)N(C)Cc1cnn(C)c1. The molecule has 3 aromatic rings. The van der Waals surface area contributed by atoms with Crippen LogP contribution in [0.1, 0.15) is 11.1 Å². The summed E-state index contributed by atoms with van der Waals surface area (Å²) in [6, 6.07) is 15.6. The molecule has 3 rings (SSSR count). The lowest BCUT2D eigenvalue weighted by molar-refractivity contribution is 0.379. The minimum atomic E-state index is 0.666. The van der Waals surface area contributed by atoms with Crippen LogP contribution in [0, 0.1) is 0 Å². The highest BCUT2D eigenvalue weighted by Crippen LogP contribution is 2.30. The van der Waals surface area contributed by atoms with E-state index >= 15 is 0 Å². The molecule has 0 saturated heterocycles. The van der Waals surface area contributed by atoms with Crippen molar-refractivity contribution < 1.29 is 9.47 Å². The van der Waals surface area contributed by atoms with E-state index in [9.17, 15) is 0 Å². The third-order valence-electron chi connectivity index (χ3n) is 4.42. The lowest BCUT2D eigenvalue weighted by Gasteiger charge is -2.21. The molecule has 0 amide bonds. The molecule has 0 radical (unpaired) electrons. The average Bonchev–Trinajstić information content (AvgIpc) is 3.14. The molecule has 7 heteroatoms. The summed E-state index contributed by atoms with van der Waals surface area (Å²) in [5, 5.41) is 7.60. The highest BCUT2D eigenvalue weighted by atomic mass is 16.5. The predicted molar refractivity (Wildman–Crippen MR) is 114 cm³/mol. The number of ether oxygens (including phenoxy) is 2. The monoisotopic (exact) mass is 393 g/mol. The van der Waals surface area contributed by atoms with Crippen molar-refractivity contribution in [2.24, 2.45) is 12.0 Å². The van der Waals surface area contributed by atoms with Crippen LogP contribution in [0.25, 0.3) is 0 Å². The fourth-order valence-corrected chi connectivity index (χ4v) is 2.97. The highest BCUT2D eigenvalue weighted by Gasteiger charge is 2.08. The third kappa shape index (κ3) is 5.51. The van der Waals surface area contributed by atoms with Crippen molar-refractivity contribution in [2.75, 3.05) is 21.2 Å². The van der Waals surface area contributed by atoms with Gasteiger partial charge in [0.2, 0.25) is 0 Å². The number of benzene rings is 2. The number of hydrogen-bond acceptors (Lipinski definition) is 4. The Morgan fingerprint density at radius 3 is 2.45 bits per heavy atom. The number of methoxy groups -OCH3 is 1. The van der Waals surface area contributed by atoms with Crippen molar-refractivity contribution >= 4 is 5.96 Å².